The van der Waals surface area contributed by atoms with Crippen LogP contribution in [-0.4, -0.2) is 19.1 Å². The third kappa shape index (κ3) is 2.35. The maximum Gasteiger partial charge on any atom is 0.322 e. The van der Waals surface area contributed by atoms with Crippen LogP contribution in [0.4, 0.5) is 0 Å². The average Bonchev–Trinajstić information content (AvgIpc) is 2.00. The van der Waals surface area contributed by atoms with Gasteiger partial charge in [0.2, 0.25) is 0 Å². The number of ether oxygens (including phenoxy) is 1. The van der Waals surface area contributed by atoms with E-state index < -0.39 is 12.0 Å². The van der Waals surface area contributed by atoms with Crippen molar-refractivity contribution in [2.24, 2.45) is 11.7 Å². The molecule has 60 valence electrons. The van der Waals surface area contributed by atoms with Crippen molar-refractivity contribution in [3.8, 4) is 0 Å². The third-order valence-electron chi connectivity index (χ3n) is 1.57. The minimum atomic E-state index is -0.674. The molecule has 0 aliphatic carbocycles. The molecule has 0 aliphatic heterocycles. The van der Waals surface area contributed by atoms with Crippen LogP contribution in [-0.2, 0) is 9.53 Å². The fraction of sp³-hybridized carbons (Fsp3) is 0.857. The maximum atomic E-state index is 10.8. The van der Waals surface area contributed by atoms with E-state index in [1.165, 1.54) is 7.11 Å². The molecular formula is C7H15NO2. The summed E-state index contributed by atoms with van der Waals surface area (Å²) in [6.45, 7) is 3.46. The minimum Gasteiger partial charge on any atom is -0.468 e. The van der Waals surface area contributed by atoms with Crippen LogP contribution in [0.5, 0.6) is 0 Å². The molecule has 0 aromatic rings. The molecule has 0 saturated heterocycles. The molecule has 3 nitrogen and oxygen atoms in total. The fourth-order valence-corrected chi connectivity index (χ4v) is 0.558. The Morgan fingerprint density at radius 3 is 2.70 bits per heavy atom. The highest BCUT2D eigenvalue weighted by atomic mass is 16.5. The number of carbonyl (C=O) groups excluding carboxylic acids is 1. The number of carbonyl (C=O) groups is 1. The van der Waals surface area contributed by atoms with Gasteiger partial charge < -0.3 is 10.5 Å². The quantitative estimate of drug-likeness (QED) is 0.591. The van der Waals surface area contributed by atoms with E-state index in [9.17, 15) is 4.79 Å². The van der Waals surface area contributed by atoms with E-state index in [-0.39, 0.29) is 12.3 Å². The normalized spacial score (nSPS) is 20.6. The largest absolute Gasteiger partial charge is 0.468 e. The summed E-state index contributed by atoms with van der Waals surface area (Å²) >= 11 is 0. The second-order valence-corrected chi connectivity index (χ2v) is 2.24. The van der Waals surface area contributed by atoms with Gasteiger partial charge in [0, 0.05) is 1.37 Å². The van der Waals surface area contributed by atoms with Crippen molar-refractivity contribution >= 4 is 5.97 Å². The summed E-state index contributed by atoms with van der Waals surface area (Å²) in [4.78, 5) is 10.8. The van der Waals surface area contributed by atoms with Crippen LogP contribution in [0.2, 0.25) is 0 Å². The number of esters is 1. The first kappa shape index (κ1) is 7.54. The van der Waals surface area contributed by atoms with Gasteiger partial charge in [-0.3, -0.25) is 4.79 Å². The Kier molecular flexibility index (Phi) is 3.22. The molecule has 0 rings (SSSR count). The Hall–Kier alpha value is -0.570. The molecule has 0 fully saturated rings. The predicted molar refractivity (Wildman–Crippen MR) is 39.4 cm³/mol. The summed E-state index contributed by atoms with van der Waals surface area (Å²) < 4.78 is 11.7. The highest BCUT2D eigenvalue weighted by Gasteiger charge is 2.19. The van der Waals surface area contributed by atoms with Crippen molar-refractivity contribution in [3.05, 3.63) is 0 Å². The molecule has 0 aromatic heterocycles. The lowest BCUT2D eigenvalue weighted by molar-refractivity contribution is -0.143. The molecule has 3 atom stereocenters. The first-order valence-corrected chi connectivity index (χ1v) is 3.26. The van der Waals surface area contributed by atoms with Gasteiger partial charge in [0.15, 0.2) is 0 Å². The number of nitrogens with two attached hydrogens (primary N) is 1. The zero-order chi connectivity index (χ0) is 9.02. The van der Waals surface area contributed by atoms with Gasteiger partial charge in [0.25, 0.3) is 0 Å². The van der Waals surface area contributed by atoms with E-state index in [1.54, 1.807) is 13.8 Å². The summed E-state index contributed by atoms with van der Waals surface area (Å²) in [5, 5.41) is 0. The van der Waals surface area contributed by atoms with Crippen molar-refractivity contribution < 1.29 is 10.9 Å². The van der Waals surface area contributed by atoms with Gasteiger partial charge in [-0.25, -0.2) is 0 Å². The van der Waals surface area contributed by atoms with Gasteiger partial charge in [-0.15, -0.1) is 0 Å². The Labute approximate surface area is 62.9 Å². The average molecular weight is 146 g/mol. The van der Waals surface area contributed by atoms with Crippen LogP contribution < -0.4 is 5.73 Å². The Balaban J connectivity index is 4.01. The molecule has 0 heterocycles. The van der Waals surface area contributed by atoms with Crippen molar-refractivity contribution in [2.75, 3.05) is 7.11 Å². The lowest BCUT2D eigenvalue weighted by Crippen LogP contribution is -2.37. The standard InChI is InChI=1S/C7H15NO2/c1-4-5(2)6(8)7(9)10-3/h5-6H,4,8H2,1-3H3/t5-,6-/m0/s1/i4D/t4?,5-,6-. The van der Waals surface area contributed by atoms with E-state index >= 15 is 0 Å². The van der Waals surface area contributed by atoms with Crippen LogP contribution in [0, 0.1) is 5.92 Å². The third-order valence-corrected chi connectivity index (χ3v) is 1.57. The minimum absolute atomic E-state index is 0.164. The number of hydrogen-bond donors (Lipinski definition) is 1. The molecule has 0 aromatic carbocycles. The van der Waals surface area contributed by atoms with E-state index in [0.29, 0.717) is 0 Å². The molecular weight excluding hydrogens is 130 g/mol. The van der Waals surface area contributed by atoms with Gasteiger partial charge in [0.1, 0.15) is 6.04 Å². The van der Waals surface area contributed by atoms with Crippen LogP contribution >= 0.6 is 0 Å². The zero-order valence-corrected chi connectivity index (χ0v) is 6.63. The highest BCUT2D eigenvalue weighted by Crippen LogP contribution is 2.05. The molecule has 1 unspecified atom stereocenters. The summed E-state index contributed by atoms with van der Waals surface area (Å²) in [7, 11) is 1.30. The van der Waals surface area contributed by atoms with Crippen LogP contribution in [0.3, 0.4) is 0 Å². The van der Waals surface area contributed by atoms with Crippen molar-refractivity contribution in [2.45, 2.75) is 26.3 Å². The van der Waals surface area contributed by atoms with Gasteiger partial charge in [0.05, 0.1) is 7.11 Å². The summed E-state index contributed by atoms with van der Waals surface area (Å²) in [6.07, 6.45) is -0.343. The Morgan fingerprint density at radius 2 is 2.40 bits per heavy atom. The first-order valence-electron chi connectivity index (χ1n) is 3.84. The molecule has 10 heavy (non-hydrogen) atoms. The SMILES string of the molecule is [2H]C(C)[C@H](C)[C@H](N)C(=O)OC. The smallest absolute Gasteiger partial charge is 0.322 e. The fourth-order valence-electron chi connectivity index (χ4n) is 0.558. The lowest BCUT2D eigenvalue weighted by Gasteiger charge is -2.14. The monoisotopic (exact) mass is 146 g/mol. The molecule has 0 radical (unpaired) electrons. The second-order valence-electron chi connectivity index (χ2n) is 2.24. The van der Waals surface area contributed by atoms with Crippen LogP contribution in [0.15, 0.2) is 0 Å². The number of hydrogen-bond acceptors (Lipinski definition) is 3. The van der Waals surface area contributed by atoms with Crippen molar-refractivity contribution in [1.29, 1.82) is 0 Å². The topological polar surface area (TPSA) is 52.3 Å². The lowest BCUT2D eigenvalue weighted by atomic mass is 10.0. The van der Waals surface area contributed by atoms with Crippen molar-refractivity contribution in [1.82, 2.24) is 0 Å². The van der Waals surface area contributed by atoms with Gasteiger partial charge >= 0.3 is 5.97 Å². The molecule has 2 N–H and O–H groups in total. The van der Waals surface area contributed by atoms with Gasteiger partial charge in [-0.1, -0.05) is 20.2 Å². The number of methoxy groups -OCH3 is 1. The summed E-state index contributed by atoms with van der Waals surface area (Å²) in [6, 6.07) is -0.674. The Morgan fingerprint density at radius 1 is 1.90 bits per heavy atom. The number of rotatable bonds is 3. The first-order chi connectivity index (χ1) is 5.00. The highest BCUT2D eigenvalue weighted by molar-refractivity contribution is 5.75. The van der Waals surface area contributed by atoms with Crippen LogP contribution in [0.1, 0.15) is 21.6 Å². The van der Waals surface area contributed by atoms with E-state index in [4.69, 9.17) is 7.10 Å². The van der Waals surface area contributed by atoms with E-state index in [0.717, 1.165) is 0 Å². The second kappa shape index (κ2) is 4.28. The molecule has 0 amide bonds. The van der Waals surface area contributed by atoms with E-state index in [2.05, 4.69) is 4.74 Å². The van der Waals surface area contributed by atoms with E-state index in [1.807, 2.05) is 0 Å². The summed E-state index contributed by atoms with van der Waals surface area (Å²) in [5.41, 5.74) is 5.48. The molecule has 3 heteroatoms. The zero-order valence-electron chi connectivity index (χ0n) is 7.63. The van der Waals surface area contributed by atoms with Gasteiger partial charge in [-0.2, -0.15) is 0 Å². The van der Waals surface area contributed by atoms with Gasteiger partial charge in [-0.05, 0) is 5.92 Å². The molecule has 0 saturated carbocycles. The van der Waals surface area contributed by atoms with Crippen molar-refractivity contribution in [3.63, 3.8) is 0 Å². The predicted octanol–water partition coefficient (Wildman–Crippen LogP) is 0.533. The molecule has 0 aliphatic rings. The molecule has 0 spiro atoms. The maximum absolute atomic E-state index is 10.8. The summed E-state index contributed by atoms with van der Waals surface area (Å²) in [5.74, 6) is -0.612. The van der Waals surface area contributed by atoms with Crippen LogP contribution in [0.25, 0.3) is 0 Å². The molecule has 0 bridgehead atoms. The Bertz CT molecular complexity index is 138.